The van der Waals surface area contributed by atoms with E-state index in [0.717, 1.165) is 10.1 Å². The fourth-order valence-corrected chi connectivity index (χ4v) is 2.67. The van der Waals surface area contributed by atoms with Crippen molar-refractivity contribution in [3.8, 4) is 5.75 Å². The molecule has 0 atom stereocenters. The van der Waals surface area contributed by atoms with Crippen LogP contribution in [0.3, 0.4) is 0 Å². The quantitative estimate of drug-likeness (QED) is 0.508. The van der Waals surface area contributed by atoms with Crippen LogP contribution < -0.4 is 4.74 Å². The van der Waals surface area contributed by atoms with Crippen LogP contribution in [0.1, 0.15) is 9.67 Å². The zero-order valence-electron chi connectivity index (χ0n) is 9.50. The molecule has 3 aromatic rings. The zero-order valence-corrected chi connectivity index (χ0v) is 10.3. The SMILES string of the molecule is O=C(Oc1ccccc1)c1cc2ccccc2s1. The van der Waals surface area contributed by atoms with Gasteiger partial charge in [-0.05, 0) is 29.7 Å². The highest BCUT2D eigenvalue weighted by Gasteiger charge is 2.12. The second-order valence-electron chi connectivity index (χ2n) is 3.85. The van der Waals surface area contributed by atoms with Crippen LogP contribution in [0, 0.1) is 0 Å². The molecule has 3 heteroatoms. The lowest BCUT2D eigenvalue weighted by Crippen LogP contribution is -2.05. The second kappa shape index (κ2) is 4.63. The molecule has 0 saturated carbocycles. The molecule has 88 valence electrons. The number of para-hydroxylation sites is 1. The van der Waals surface area contributed by atoms with Gasteiger partial charge in [-0.1, -0.05) is 36.4 Å². The van der Waals surface area contributed by atoms with Gasteiger partial charge >= 0.3 is 5.97 Å². The van der Waals surface area contributed by atoms with Crippen LogP contribution in [-0.4, -0.2) is 5.97 Å². The lowest BCUT2D eigenvalue weighted by molar-refractivity contribution is 0.0740. The summed E-state index contributed by atoms with van der Waals surface area (Å²) in [6, 6.07) is 18.9. The third-order valence-corrected chi connectivity index (χ3v) is 3.68. The zero-order chi connectivity index (χ0) is 12.4. The van der Waals surface area contributed by atoms with Crippen molar-refractivity contribution in [2.24, 2.45) is 0 Å². The summed E-state index contributed by atoms with van der Waals surface area (Å²) in [6.07, 6.45) is 0. The summed E-state index contributed by atoms with van der Waals surface area (Å²) in [5, 5.41) is 1.07. The van der Waals surface area contributed by atoms with Crippen LogP contribution in [0.2, 0.25) is 0 Å². The molecule has 0 bridgehead atoms. The van der Waals surface area contributed by atoms with Gasteiger partial charge in [0.25, 0.3) is 0 Å². The van der Waals surface area contributed by atoms with Crippen LogP contribution in [-0.2, 0) is 0 Å². The number of thiophene rings is 1. The summed E-state index contributed by atoms with van der Waals surface area (Å²) in [4.78, 5) is 12.6. The molecule has 0 N–H and O–H groups in total. The Morgan fingerprint density at radius 2 is 1.67 bits per heavy atom. The lowest BCUT2D eigenvalue weighted by Gasteiger charge is -2.00. The Bertz CT molecular complexity index is 653. The Balaban J connectivity index is 1.88. The summed E-state index contributed by atoms with van der Waals surface area (Å²) in [7, 11) is 0. The predicted octanol–water partition coefficient (Wildman–Crippen LogP) is 4.12. The fourth-order valence-electron chi connectivity index (χ4n) is 1.73. The minimum absolute atomic E-state index is 0.303. The van der Waals surface area contributed by atoms with Crippen molar-refractivity contribution < 1.29 is 9.53 Å². The van der Waals surface area contributed by atoms with Crippen molar-refractivity contribution in [3.05, 3.63) is 65.5 Å². The minimum Gasteiger partial charge on any atom is -0.422 e. The first kappa shape index (κ1) is 11.0. The van der Waals surface area contributed by atoms with E-state index in [1.165, 1.54) is 11.3 Å². The highest BCUT2D eigenvalue weighted by atomic mass is 32.1. The van der Waals surface area contributed by atoms with Crippen molar-refractivity contribution in [3.63, 3.8) is 0 Å². The largest absolute Gasteiger partial charge is 0.422 e. The van der Waals surface area contributed by atoms with Crippen molar-refractivity contribution in [1.82, 2.24) is 0 Å². The van der Waals surface area contributed by atoms with Crippen LogP contribution in [0.5, 0.6) is 5.75 Å². The molecule has 0 aliphatic carbocycles. The number of rotatable bonds is 2. The number of esters is 1. The van der Waals surface area contributed by atoms with Crippen LogP contribution in [0.4, 0.5) is 0 Å². The van der Waals surface area contributed by atoms with Crippen LogP contribution >= 0.6 is 11.3 Å². The van der Waals surface area contributed by atoms with Gasteiger partial charge in [-0.25, -0.2) is 4.79 Å². The number of carbonyl (C=O) groups is 1. The molecule has 0 aliphatic rings. The summed E-state index contributed by atoms with van der Waals surface area (Å²) < 4.78 is 6.40. The van der Waals surface area contributed by atoms with E-state index in [0.29, 0.717) is 10.6 Å². The molecule has 0 spiro atoms. The number of fused-ring (bicyclic) bond motifs is 1. The third kappa shape index (κ3) is 2.13. The Kier molecular flexibility index (Phi) is 2.82. The van der Waals surface area contributed by atoms with Crippen molar-refractivity contribution in [1.29, 1.82) is 0 Å². The van der Waals surface area contributed by atoms with Gasteiger partial charge in [-0.2, -0.15) is 0 Å². The van der Waals surface area contributed by atoms with E-state index < -0.39 is 0 Å². The van der Waals surface area contributed by atoms with Gasteiger partial charge in [0.2, 0.25) is 0 Å². The maximum atomic E-state index is 12.0. The van der Waals surface area contributed by atoms with Gasteiger partial charge in [0.05, 0.1) is 0 Å². The molecule has 2 aromatic carbocycles. The molecule has 0 unspecified atom stereocenters. The maximum absolute atomic E-state index is 12.0. The second-order valence-corrected chi connectivity index (χ2v) is 4.93. The van der Waals surface area contributed by atoms with Gasteiger partial charge in [0, 0.05) is 4.70 Å². The Hall–Kier alpha value is -2.13. The van der Waals surface area contributed by atoms with Crippen molar-refractivity contribution in [2.75, 3.05) is 0 Å². The number of carbonyl (C=O) groups excluding carboxylic acids is 1. The van der Waals surface area contributed by atoms with E-state index in [2.05, 4.69) is 0 Å². The first-order chi connectivity index (χ1) is 8.83. The highest BCUT2D eigenvalue weighted by Crippen LogP contribution is 2.26. The van der Waals surface area contributed by atoms with E-state index in [9.17, 15) is 4.79 Å². The average molecular weight is 254 g/mol. The van der Waals surface area contributed by atoms with Gasteiger partial charge in [-0.3, -0.25) is 0 Å². The average Bonchev–Trinajstić information content (AvgIpc) is 2.84. The number of hydrogen-bond donors (Lipinski definition) is 0. The topological polar surface area (TPSA) is 26.3 Å². The molecule has 0 radical (unpaired) electrons. The molecule has 2 nitrogen and oxygen atoms in total. The first-order valence-electron chi connectivity index (χ1n) is 5.59. The normalized spacial score (nSPS) is 10.4. The summed E-state index contributed by atoms with van der Waals surface area (Å²) in [5.74, 6) is 0.266. The van der Waals surface area contributed by atoms with Crippen LogP contribution in [0.15, 0.2) is 60.7 Å². The molecule has 0 fully saturated rings. The molecule has 0 saturated heterocycles. The highest BCUT2D eigenvalue weighted by molar-refractivity contribution is 7.20. The molecule has 3 rings (SSSR count). The van der Waals surface area contributed by atoms with Crippen LogP contribution in [0.25, 0.3) is 10.1 Å². The van der Waals surface area contributed by atoms with Gasteiger partial charge < -0.3 is 4.74 Å². The van der Waals surface area contributed by atoms with E-state index in [4.69, 9.17) is 4.74 Å². The minimum atomic E-state index is -0.303. The molecule has 18 heavy (non-hydrogen) atoms. The van der Waals surface area contributed by atoms with E-state index in [1.807, 2.05) is 48.5 Å². The Morgan fingerprint density at radius 3 is 2.44 bits per heavy atom. The first-order valence-corrected chi connectivity index (χ1v) is 6.40. The number of ether oxygens (including phenoxy) is 1. The maximum Gasteiger partial charge on any atom is 0.353 e. The van der Waals surface area contributed by atoms with Crippen molar-refractivity contribution >= 4 is 27.4 Å². The summed E-state index contributed by atoms with van der Waals surface area (Å²) in [5.41, 5.74) is 0. The van der Waals surface area contributed by atoms with Gasteiger partial charge in [-0.15, -0.1) is 11.3 Å². The molecule has 1 aromatic heterocycles. The lowest BCUT2D eigenvalue weighted by atomic mass is 10.2. The standard InChI is InChI=1S/C15H10O2S/c16-15(17-12-7-2-1-3-8-12)14-10-11-6-4-5-9-13(11)18-14/h1-10H. The molecule has 0 aliphatic heterocycles. The summed E-state index contributed by atoms with van der Waals surface area (Å²) in [6.45, 7) is 0. The van der Waals surface area contributed by atoms with E-state index in [1.54, 1.807) is 12.1 Å². The number of benzene rings is 2. The molecule has 1 heterocycles. The Labute approximate surface area is 108 Å². The van der Waals surface area contributed by atoms with Gasteiger partial charge in [0.1, 0.15) is 10.6 Å². The monoisotopic (exact) mass is 254 g/mol. The predicted molar refractivity (Wildman–Crippen MR) is 73.2 cm³/mol. The fraction of sp³-hybridized carbons (Fsp3) is 0. The van der Waals surface area contributed by atoms with Crippen molar-refractivity contribution in [2.45, 2.75) is 0 Å². The molecular weight excluding hydrogens is 244 g/mol. The van der Waals surface area contributed by atoms with E-state index in [-0.39, 0.29) is 5.97 Å². The Morgan fingerprint density at radius 1 is 0.944 bits per heavy atom. The molecular formula is C15H10O2S. The third-order valence-electron chi connectivity index (χ3n) is 2.58. The van der Waals surface area contributed by atoms with E-state index >= 15 is 0 Å². The van der Waals surface area contributed by atoms with Gasteiger partial charge in [0.15, 0.2) is 0 Å². The molecule has 0 amide bonds. The number of hydrogen-bond acceptors (Lipinski definition) is 3. The smallest absolute Gasteiger partial charge is 0.353 e. The summed E-state index contributed by atoms with van der Waals surface area (Å²) >= 11 is 1.45.